The Morgan fingerprint density at radius 1 is 1.03 bits per heavy atom. The summed E-state index contributed by atoms with van der Waals surface area (Å²) in [6.07, 6.45) is 1.73. The zero-order valence-corrected chi connectivity index (χ0v) is 16.2. The molecule has 0 atom stereocenters. The lowest BCUT2D eigenvalue weighted by Crippen LogP contribution is -2.49. The van der Waals surface area contributed by atoms with Crippen molar-refractivity contribution < 1.29 is 9.18 Å². The van der Waals surface area contributed by atoms with Gasteiger partial charge in [0.15, 0.2) is 0 Å². The minimum Gasteiger partial charge on any atom is -0.336 e. The van der Waals surface area contributed by atoms with Gasteiger partial charge in [-0.25, -0.2) is 9.37 Å². The Balaban J connectivity index is 1.35. The summed E-state index contributed by atoms with van der Waals surface area (Å²) in [4.78, 5) is 26.3. The number of halogens is 1. The average molecular weight is 408 g/mol. The lowest BCUT2D eigenvalue weighted by molar-refractivity contribution is 0.0741. The van der Waals surface area contributed by atoms with Gasteiger partial charge in [0.1, 0.15) is 5.82 Å². The molecule has 29 heavy (non-hydrogen) atoms. The van der Waals surface area contributed by atoms with E-state index in [0.717, 1.165) is 10.6 Å². The minimum atomic E-state index is -0.492. The van der Waals surface area contributed by atoms with Gasteiger partial charge in [-0.15, -0.1) is 16.4 Å². The molecule has 1 fully saturated rings. The van der Waals surface area contributed by atoms with Crippen molar-refractivity contribution in [3.05, 3.63) is 65.4 Å². The van der Waals surface area contributed by atoms with Crippen LogP contribution in [0.15, 0.2) is 54.0 Å². The van der Waals surface area contributed by atoms with Gasteiger partial charge in [-0.2, -0.15) is 9.50 Å². The number of hydrogen-bond donors (Lipinski definition) is 0. The van der Waals surface area contributed by atoms with Crippen molar-refractivity contribution in [2.45, 2.75) is 0 Å². The Labute approximate surface area is 170 Å². The fourth-order valence-corrected chi connectivity index (χ4v) is 4.18. The molecule has 0 aliphatic carbocycles. The van der Waals surface area contributed by atoms with E-state index >= 15 is 0 Å². The molecule has 1 aliphatic rings. The van der Waals surface area contributed by atoms with Crippen molar-refractivity contribution in [3.8, 4) is 10.6 Å². The molecule has 146 valence electrons. The molecule has 3 aromatic heterocycles. The van der Waals surface area contributed by atoms with Gasteiger partial charge in [0.25, 0.3) is 11.7 Å². The minimum absolute atomic E-state index is 0.108. The summed E-state index contributed by atoms with van der Waals surface area (Å²) in [6, 6.07) is 12.0. The molecule has 1 amide bonds. The first-order valence-electron chi connectivity index (χ1n) is 9.25. The van der Waals surface area contributed by atoms with Crippen LogP contribution >= 0.6 is 11.3 Å². The molecule has 0 radical (unpaired) electrons. The van der Waals surface area contributed by atoms with E-state index in [1.807, 2.05) is 28.5 Å². The van der Waals surface area contributed by atoms with Crippen molar-refractivity contribution >= 4 is 29.0 Å². The summed E-state index contributed by atoms with van der Waals surface area (Å²) in [5, 5.41) is 6.67. The van der Waals surface area contributed by atoms with Gasteiger partial charge in [0, 0.05) is 32.4 Å². The number of benzene rings is 1. The van der Waals surface area contributed by atoms with Crippen LogP contribution in [0.25, 0.3) is 16.3 Å². The van der Waals surface area contributed by atoms with Crippen LogP contribution in [0.2, 0.25) is 0 Å². The van der Waals surface area contributed by atoms with Gasteiger partial charge in [0.05, 0.1) is 16.1 Å². The first kappa shape index (κ1) is 17.7. The van der Waals surface area contributed by atoms with Crippen molar-refractivity contribution in [2.24, 2.45) is 0 Å². The van der Waals surface area contributed by atoms with E-state index in [4.69, 9.17) is 0 Å². The van der Waals surface area contributed by atoms with E-state index in [-0.39, 0.29) is 11.5 Å². The topological polar surface area (TPSA) is 66.6 Å². The third-order valence-electron chi connectivity index (χ3n) is 4.96. The van der Waals surface area contributed by atoms with Crippen LogP contribution in [-0.4, -0.2) is 56.6 Å². The fraction of sp³-hybridized carbons (Fsp3) is 0.200. The SMILES string of the molecule is O=C(c1ccccc1F)N1CCN(c2nc3nccc(-c4cccs4)n3n2)CC1. The Morgan fingerprint density at radius 2 is 1.86 bits per heavy atom. The van der Waals surface area contributed by atoms with Gasteiger partial charge in [0.2, 0.25) is 5.95 Å². The maximum absolute atomic E-state index is 13.9. The molecule has 4 aromatic rings. The summed E-state index contributed by atoms with van der Waals surface area (Å²) in [7, 11) is 0. The number of hydrogen-bond acceptors (Lipinski definition) is 6. The molecular formula is C20H17FN6OS. The number of carbonyl (C=O) groups is 1. The smallest absolute Gasteiger partial charge is 0.256 e. The molecule has 1 saturated heterocycles. The predicted molar refractivity (Wildman–Crippen MR) is 109 cm³/mol. The molecule has 0 bridgehead atoms. The summed E-state index contributed by atoms with van der Waals surface area (Å²) < 4.78 is 15.7. The standard InChI is InChI=1S/C20H17FN6OS/c21-15-5-2-1-4-14(15)18(28)25-9-11-26(12-10-25)20-23-19-22-8-7-16(27(19)24-20)17-6-3-13-29-17/h1-8,13H,9-12H2. The maximum atomic E-state index is 13.9. The fourth-order valence-electron chi connectivity index (χ4n) is 3.44. The molecule has 9 heteroatoms. The summed E-state index contributed by atoms with van der Waals surface area (Å²) in [6.45, 7) is 2.11. The van der Waals surface area contributed by atoms with Crippen LogP contribution < -0.4 is 4.90 Å². The molecule has 1 aromatic carbocycles. The molecule has 5 rings (SSSR count). The van der Waals surface area contributed by atoms with Crippen LogP contribution in [0, 0.1) is 5.82 Å². The van der Waals surface area contributed by atoms with Gasteiger partial charge >= 0.3 is 0 Å². The van der Waals surface area contributed by atoms with E-state index in [2.05, 4.69) is 15.1 Å². The second-order valence-electron chi connectivity index (χ2n) is 6.69. The Bertz CT molecular complexity index is 1170. The molecule has 0 unspecified atom stereocenters. The van der Waals surface area contributed by atoms with E-state index in [9.17, 15) is 9.18 Å². The van der Waals surface area contributed by atoms with E-state index < -0.39 is 5.82 Å². The summed E-state index contributed by atoms with van der Waals surface area (Å²) >= 11 is 1.63. The number of fused-ring (bicyclic) bond motifs is 1. The van der Waals surface area contributed by atoms with Crippen LogP contribution in [0.5, 0.6) is 0 Å². The number of aromatic nitrogens is 4. The number of thiophene rings is 1. The molecule has 0 saturated carbocycles. The third-order valence-corrected chi connectivity index (χ3v) is 5.85. The monoisotopic (exact) mass is 408 g/mol. The molecule has 4 heterocycles. The second kappa shape index (κ2) is 7.25. The van der Waals surface area contributed by atoms with Crippen molar-refractivity contribution in [1.82, 2.24) is 24.5 Å². The van der Waals surface area contributed by atoms with Gasteiger partial charge in [-0.3, -0.25) is 4.79 Å². The van der Waals surface area contributed by atoms with Crippen LogP contribution in [0.1, 0.15) is 10.4 Å². The number of rotatable bonds is 3. The molecule has 0 N–H and O–H groups in total. The van der Waals surface area contributed by atoms with Crippen LogP contribution in [-0.2, 0) is 0 Å². The quantitative estimate of drug-likeness (QED) is 0.521. The number of anilines is 1. The lowest BCUT2D eigenvalue weighted by atomic mass is 10.1. The number of piperazine rings is 1. The third kappa shape index (κ3) is 3.23. The highest BCUT2D eigenvalue weighted by molar-refractivity contribution is 7.13. The molecular weight excluding hydrogens is 391 g/mol. The van der Waals surface area contributed by atoms with Gasteiger partial charge in [-0.05, 0) is 29.6 Å². The van der Waals surface area contributed by atoms with Crippen LogP contribution in [0.4, 0.5) is 10.3 Å². The highest BCUT2D eigenvalue weighted by Gasteiger charge is 2.26. The largest absolute Gasteiger partial charge is 0.336 e. The summed E-state index contributed by atoms with van der Waals surface area (Å²) in [5.41, 5.74) is 1.05. The molecule has 0 spiro atoms. The second-order valence-corrected chi connectivity index (χ2v) is 7.64. The normalized spacial score (nSPS) is 14.5. The zero-order chi connectivity index (χ0) is 19.8. The highest BCUT2D eigenvalue weighted by atomic mass is 32.1. The number of carbonyl (C=O) groups excluding carboxylic acids is 1. The van der Waals surface area contributed by atoms with Gasteiger partial charge in [-0.1, -0.05) is 18.2 Å². The Kier molecular flexibility index (Phi) is 4.44. The predicted octanol–water partition coefficient (Wildman–Crippen LogP) is 2.95. The Hall–Kier alpha value is -3.33. The van der Waals surface area contributed by atoms with Crippen molar-refractivity contribution in [3.63, 3.8) is 0 Å². The van der Waals surface area contributed by atoms with Gasteiger partial charge < -0.3 is 9.80 Å². The van der Waals surface area contributed by atoms with E-state index in [0.29, 0.717) is 37.9 Å². The highest BCUT2D eigenvalue weighted by Crippen LogP contribution is 2.25. The Morgan fingerprint density at radius 3 is 2.62 bits per heavy atom. The number of nitrogens with zero attached hydrogens (tertiary/aromatic N) is 6. The zero-order valence-electron chi connectivity index (χ0n) is 15.4. The molecule has 1 aliphatic heterocycles. The van der Waals surface area contributed by atoms with Crippen LogP contribution in [0.3, 0.4) is 0 Å². The molecule has 7 nitrogen and oxygen atoms in total. The lowest BCUT2D eigenvalue weighted by Gasteiger charge is -2.34. The number of amides is 1. The van der Waals surface area contributed by atoms with E-state index in [1.54, 1.807) is 39.1 Å². The van der Waals surface area contributed by atoms with Crippen molar-refractivity contribution in [2.75, 3.05) is 31.1 Å². The van der Waals surface area contributed by atoms with E-state index in [1.165, 1.54) is 12.1 Å². The maximum Gasteiger partial charge on any atom is 0.256 e. The average Bonchev–Trinajstić information content (AvgIpc) is 3.43. The summed E-state index contributed by atoms with van der Waals surface area (Å²) in [5.74, 6) is 0.344. The first-order valence-corrected chi connectivity index (χ1v) is 10.1. The van der Waals surface area contributed by atoms with Crippen molar-refractivity contribution in [1.29, 1.82) is 0 Å². The first-order chi connectivity index (χ1) is 14.2.